The van der Waals surface area contributed by atoms with Gasteiger partial charge in [-0.1, -0.05) is 90.5 Å². The average Bonchev–Trinajstić information content (AvgIpc) is 3.14. The molecule has 3 heteroatoms. The highest BCUT2D eigenvalue weighted by Gasteiger charge is 2.34. The summed E-state index contributed by atoms with van der Waals surface area (Å²) in [7, 11) is 0. The van der Waals surface area contributed by atoms with Gasteiger partial charge in [0.2, 0.25) is 0 Å². The smallest absolute Gasteiger partial charge is 0.263 e. The number of anilines is 2. The fourth-order valence-electron chi connectivity index (χ4n) is 4.67. The number of nitrogens with zero attached hydrogens (tertiary/aromatic N) is 1. The van der Waals surface area contributed by atoms with Crippen LogP contribution in [0.25, 0.3) is 33.0 Å². The fraction of sp³-hybridized carbons (Fsp3) is 0. The number of para-hydroxylation sites is 1. The maximum atomic E-state index is 13.7. The zero-order chi connectivity index (χ0) is 21.7. The lowest BCUT2D eigenvalue weighted by molar-refractivity contribution is 0.100. The van der Waals surface area contributed by atoms with Crippen molar-refractivity contribution in [3.05, 3.63) is 120 Å². The molecule has 5 aromatic rings. The van der Waals surface area contributed by atoms with Crippen molar-refractivity contribution in [2.24, 2.45) is 0 Å². The van der Waals surface area contributed by atoms with Gasteiger partial charge in [-0.05, 0) is 52.6 Å². The molecule has 32 heavy (non-hydrogen) atoms. The van der Waals surface area contributed by atoms with E-state index in [2.05, 4.69) is 24.3 Å². The molecule has 1 heterocycles. The molecule has 0 atom stereocenters. The first kappa shape index (κ1) is 18.9. The Morgan fingerprint density at radius 2 is 1.19 bits per heavy atom. The SMILES string of the molecule is O=C1c2cc(-c3ccccc3)c(-c3ccccc3)c3c(Cl)ccc(c23)N1c1ccccc1. The molecule has 0 saturated heterocycles. The van der Waals surface area contributed by atoms with Gasteiger partial charge in [0.25, 0.3) is 5.91 Å². The normalized spacial score (nSPS) is 12.5. The lowest BCUT2D eigenvalue weighted by Gasteiger charge is -2.18. The molecule has 0 aliphatic carbocycles. The van der Waals surface area contributed by atoms with E-state index in [1.165, 1.54) is 0 Å². The van der Waals surface area contributed by atoms with E-state index in [9.17, 15) is 4.79 Å². The van der Waals surface area contributed by atoms with E-state index < -0.39 is 0 Å². The van der Waals surface area contributed by atoms with Crippen molar-refractivity contribution in [3.63, 3.8) is 0 Å². The number of hydrogen-bond donors (Lipinski definition) is 0. The van der Waals surface area contributed by atoms with Crippen LogP contribution in [0.5, 0.6) is 0 Å². The van der Waals surface area contributed by atoms with Gasteiger partial charge in [-0.15, -0.1) is 0 Å². The van der Waals surface area contributed by atoms with Crippen LogP contribution in [0.3, 0.4) is 0 Å². The highest BCUT2D eigenvalue weighted by molar-refractivity contribution is 6.41. The van der Waals surface area contributed by atoms with Gasteiger partial charge in [0, 0.05) is 21.5 Å². The summed E-state index contributed by atoms with van der Waals surface area (Å²) in [5, 5.41) is 2.47. The minimum atomic E-state index is -0.0322. The van der Waals surface area contributed by atoms with E-state index in [-0.39, 0.29) is 5.91 Å². The van der Waals surface area contributed by atoms with Crippen LogP contribution in [0.4, 0.5) is 11.4 Å². The summed E-state index contributed by atoms with van der Waals surface area (Å²) in [5.74, 6) is -0.0322. The summed E-state index contributed by atoms with van der Waals surface area (Å²) in [4.78, 5) is 15.5. The van der Waals surface area contributed by atoms with Crippen LogP contribution >= 0.6 is 11.6 Å². The summed E-state index contributed by atoms with van der Waals surface area (Å²) in [5.41, 5.74) is 6.57. The molecule has 5 aromatic carbocycles. The maximum Gasteiger partial charge on any atom is 0.263 e. The van der Waals surface area contributed by atoms with Gasteiger partial charge in [0.15, 0.2) is 0 Å². The Morgan fingerprint density at radius 1 is 0.594 bits per heavy atom. The molecular formula is C29H18ClNO. The van der Waals surface area contributed by atoms with Gasteiger partial charge >= 0.3 is 0 Å². The fourth-order valence-corrected chi connectivity index (χ4v) is 4.93. The van der Waals surface area contributed by atoms with Gasteiger partial charge in [0.05, 0.1) is 11.3 Å². The van der Waals surface area contributed by atoms with E-state index in [4.69, 9.17) is 11.6 Å². The first-order valence-corrected chi connectivity index (χ1v) is 10.9. The third kappa shape index (κ3) is 2.77. The zero-order valence-corrected chi connectivity index (χ0v) is 17.9. The molecular weight excluding hydrogens is 414 g/mol. The molecule has 0 saturated carbocycles. The minimum absolute atomic E-state index is 0.0322. The molecule has 1 aliphatic heterocycles. The first-order valence-electron chi connectivity index (χ1n) is 10.5. The number of carbonyl (C=O) groups is 1. The molecule has 0 aromatic heterocycles. The van der Waals surface area contributed by atoms with Gasteiger partial charge in [-0.2, -0.15) is 0 Å². The van der Waals surface area contributed by atoms with Crippen molar-refractivity contribution in [3.8, 4) is 22.3 Å². The molecule has 0 radical (unpaired) electrons. The molecule has 0 unspecified atom stereocenters. The second-order valence-corrected chi connectivity index (χ2v) is 8.28. The molecule has 0 spiro atoms. The van der Waals surface area contributed by atoms with Crippen LogP contribution in [0.15, 0.2) is 109 Å². The molecule has 0 N–H and O–H groups in total. The van der Waals surface area contributed by atoms with E-state index in [0.29, 0.717) is 10.6 Å². The predicted octanol–water partition coefficient (Wildman–Crippen LogP) is 8.12. The third-order valence-corrected chi connectivity index (χ3v) is 6.36. The van der Waals surface area contributed by atoms with Crippen molar-refractivity contribution < 1.29 is 4.79 Å². The molecule has 6 rings (SSSR count). The zero-order valence-electron chi connectivity index (χ0n) is 17.1. The van der Waals surface area contributed by atoms with E-state index in [1.54, 1.807) is 4.90 Å². The van der Waals surface area contributed by atoms with Crippen LogP contribution in [-0.4, -0.2) is 5.91 Å². The topological polar surface area (TPSA) is 20.3 Å². The first-order chi connectivity index (χ1) is 15.7. The average molecular weight is 432 g/mol. The number of carbonyl (C=O) groups excluding carboxylic acids is 1. The Balaban J connectivity index is 1.75. The molecule has 0 bridgehead atoms. The van der Waals surface area contributed by atoms with Gasteiger partial charge in [-0.3, -0.25) is 9.69 Å². The highest BCUT2D eigenvalue weighted by Crippen LogP contribution is 2.50. The van der Waals surface area contributed by atoms with E-state index >= 15 is 0 Å². The number of hydrogen-bond acceptors (Lipinski definition) is 1. The molecule has 152 valence electrons. The third-order valence-electron chi connectivity index (χ3n) is 6.05. The number of amides is 1. The Morgan fingerprint density at radius 3 is 1.84 bits per heavy atom. The number of halogens is 1. The van der Waals surface area contributed by atoms with Crippen molar-refractivity contribution in [2.75, 3.05) is 4.90 Å². The molecule has 0 fully saturated rings. The van der Waals surface area contributed by atoms with E-state index in [1.807, 2.05) is 84.9 Å². The number of benzene rings is 5. The van der Waals surface area contributed by atoms with Gasteiger partial charge in [0.1, 0.15) is 0 Å². The number of rotatable bonds is 3. The van der Waals surface area contributed by atoms with Crippen LogP contribution in [0.2, 0.25) is 5.02 Å². The lowest BCUT2D eigenvalue weighted by Crippen LogP contribution is -2.20. The van der Waals surface area contributed by atoms with Crippen molar-refractivity contribution >= 4 is 39.7 Å². The largest absolute Gasteiger partial charge is 0.276 e. The van der Waals surface area contributed by atoms with E-state index in [0.717, 1.165) is 44.4 Å². The monoisotopic (exact) mass is 431 g/mol. The summed E-state index contributed by atoms with van der Waals surface area (Å²) >= 11 is 6.85. The van der Waals surface area contributed by atoms with Crippen LogP contribution in [0.1, 0.15) is 10.4 Å². The lowest BCUT2D eigenvalue weighted by atomic mass is 9.87. The quantitative estimate of drug-likeness (QED) is 0.282. The minimum Gasteiger partial charge on any atom is -0.276 e. The Bertz CT molecular complexity index is 1480. The molecule has 1 aliphatic rings. The molecule has 1 amide bonds. The maximum absolute atomic E-state index is 13.7. The van der Waals surface area contributed by atoms with Crippen molar-refractivity contribution in [1.29, 1.82) is 0 Å². The van der Waals surface area contributed by atoms with Crippen molar-refractivity contribution in [2.45, 2.75) is 0 Å². The summed E-state index contributed by atoms with van der Waals surface area (Å²) in [6, 6.07) is 36.1. The van der Waals surface area contributed by atoms with Gasteiger partial charge < -0.3 is 0 Å². The second-order valence-electron chi connectivity index (χ2n) is 7.87. The standard InChI is InChI=1S/C29H18ClNO/c30-24-16-17-25-27-23(29(32)31(25)21-14-8-3-9-15-21)18-22(19-10-4-1-5-11-19)26(28(24)27)20-12-6-2-7-13-20/h1-18H. The summed E-state index contributed by atoms with van der Waals surface area (Å²) < 4.78 is 0. The van der Waals surface area contributed by atoms with Crippen LogP contribution in [-0.2, 0) is 0 Å². The van der Waals surface area contributed by atoms with Crippen molar-refractivity contribution in [1.82, 2.24) is 0 Å². The highest BCUT2D eigenvalue weighted by atomic mass is 35.5. The van der Waals surface area contributed by atoms with Crippen LogP contribution in [0, 0.1) is 0 Å². The molecule has 2 nitrogen and oxygen atoms in total. The summed E-state index contributed by atoms with van der Waals surface area (Å²) in [6.45, 7) is 0. The Labute approximate surface area is 191 Å². The Kier molecular flexibility index (Phi) is 4.34. The summed E-state index contributed by atoms with van der Waals surface area (Å²) in [6.07, 6.45) is 0. The van der Waals surface area contributed by atoms with Gasteiger partial charge in [-0.25, -0.2) is 0 Å². The second kappa shape index (κ2) is 7.37. The predicted molar refractivity (Wildman–Crippen MR) is 133 cm³/mol. The van der Waals surface area contributed by atoms with Crippen LogP contribution < -0.4 is 4.90 Å². The Hall–Kier alpha value is -3.88.